The van der Waals surface area contributed by atoms with Gasteiger partial charge in [0.15, 0.2) is 0 Å². The molecule has 22 heavy (non-hydrogen) atoms. The lowest BCUT2D eigenvalue weighted by molar-refractivity contribution is -0.135. The van der Waals surface area contributed by atoms with E-state index in [-0.39, 0.29) is 17.2 Å². The highest BCUT2D eigenvalue weighted by Gasteiger charge is 2.59. The summed E-state index contributed by atoms with van der Waals surface area (Å²) in [5.41, 5.74) is 0.0654. The largest absolute Gasteiger partial charge is 0.465 e. The molecular formula is C15H20N4O3. The molecular weight excluding hydrogens is 284 g/mol. The van der Waals surface area contributed by atoms with Crippen molar-refractivity contribution in [3.05, 3.63) is 18.2 Å². The molecule has 1 atom stereocenters. The molecule has 3 heterocycles. The predicted molar refractivity (Wildman–Crippen MR) is 77.0 cm³/mol. The summed E-state index contributed by atoms with van der Waals surface area (Å²) >= 11 is 0. The second-order valence-electron chi connectivity index (χ2n) is 6.69. The minimum atomic E-state index is -0.846. The zero-order valence-electron chi connectivity index (χ0n) is 12.4. The predicted octanol–water partition coefficient (Wildman–Crippen LogP) is 1.01. The maximum Gasteiger partial charge on any atom is 0.407 e. The van der Waals surface area contributed by atoms with E-state index < -0.39 is 6.09 Å². The van der Waals surface area contributed by atoms with Crippen LogP contribution in [-0.4, -0.2) is 56.1 Å². The van der Waals surface area contributed by atoms with Gasteiger partial charge in [-0.3, -0.25) is 4.79 Å². The molecule has 2 fully saturated rings. The molecule has 0 aromatic carbocycles. The van der Waals surface area contributed by atoms with Gasteiger partial charge in [0.2, 0.25) is 5.91 Å². The molecule has 1 aromatic heterocycles. The van der Waals surface area contributed by atoms with E-state index in [1.165, 1.54) is 4.90 Å². The van der Waals surface area contributed by atoms with Crippen LogP contribution >= 0.6 is 0 Å². The first kappa shape index (κ1) is 13.6. The molecule has 4 rings (SSSR count). The van der Waals surface area contributed by atoms with Crippen LogP contribution in [0.25, 0.3) is 0 Å². The average molecular weight is 304 g/mol. The third-order valence-corrected chi connectivity index (χ3v) is 5.57. The Bertz CT molecular complexity index is 618. The zero-order valence-corrected chi connectivity index (χ0v) is 12.4. The number of rotatable bonds is 1. The molecule has 1 aromatic rings. The number of nitrogens with zero attached hydrogens (tertiary/aromatic N) is 4. The van der Waals surface area contributed by atoms with Gasteiger partial charge in [-0.05, 0) is 24.7 Å². The van der Waals surface area contributed by atoms with E-state index in [9.17, 15) is 9.59 Å². The quantitative estimate of drug-likeness (QED) is 0.839. The first-order valence-corrected chi connectivity index (χ1v) is 7.86. The van der Waals surface area contributed by atoms with Crippen LogP contribution in [0.15, 0.2) is 12.4 Å². The Morgan fingerprint density at radius 3 is 2.68 bits per heavy atom. The number of aromatic nitrogens is 2. The number of piperidine rings is 1. The molecule has 1 unspecified atom stereocenters. The number of fused-ring (bicyclic) bond motifs is 1. The third kappa shape index (κ3) is 2.07. The second kappa shape index (κ2) is 4.72. The molecule has 7 nitrogen and oxygen atoms in total. The number of carbonyl (C=O) groups excluding carboxylic acids is 1. The van der Waals surface area contributed by atoms with Crippen molar-refractivity contribution >= 4 is 12.0 Å². The highest BCUT2D eigenvalue weighted by atomic mass is 16.4. The van der Waals surface area contributed by atoms with Crippen molar-refractivity contribution in [1.82, 2.24) is 19.4 Å². The van der Waals surface area contributed by atoms with Crippen molar-refractivity contribution in [2.45, 2.75) is 32.4 Å². The van der Waals surface area contributed by atoms with E-state index in [1.54, 1.807) is 6.20 Å². The average Bonchev–Trinajstić information content (AvgIpc) is 3.01. The van der Waals surface area contributed by atoms with Crippen LogP contribution in [0.2, 0.25) is 0 Å². The van der Waals surface area contributed by atoms with Gasteiger partial charge in [0, 0.05) is 44.5 Å². The van der Waals surface area contributed by atoms with Gasteiger partial charge in [0.25, 0.3) is 0 Å². The van der Waals surface area contributed by atoms with E-state index in [1.807, 2.05) is 11.1 Å². The summed E-state index contributed by atoms with van der Waals surface area (Å²) in [6.45, 7) is 3.27. The molecule has 1 saturated carbocycles. The highest BCUT2D eigenvalue weighted by Crippen LogP contribution is 2.60. The second-order valence-corrected chi connectivity index (χ2v) is 6.69. The van der Waals surface area contributed by atoms with Gasteiger partial charge in [0.1, 0.15) is 5.82 Å². The van der Waals surface area contributed by atoms with Gasteiger partial charge in [-0.15, -0.1) is 0 Å². The number of hydrogen-bond donors (Lipinski definition) is 1. The van der Waals surface area contributed by atoms with Gasteiger partial charge in [0.05, 0.1) is 6.54 Å². The fourth-order valence-electron chi connectivity index (χ4n) is 3.97. The molecule has 1 saturated heterocycles. The van der Waals surface area contributed by atoms with Gasteiger partial charge >= 0.3 is 6.09 Å². The van der Waals surface area contributed by atoms with Crippen LogP contribution in [0.5, 0.6) is 0 Å². The summed E-state index contributed by atoms with van der Waals surface area (Å²) in [6, 6.07) is 0. The number of likely N-dealkylation sites (tertiary alicyclic amines) is 1. The fourth-order valence-corrected chi connectivity index (χ4v) is 3.97. The van der Waals surface area contributed by atoms with Crippen LogP contribution in [0.4, 0.5) is 4.79 Å². The summed E-state index contributed by atoms with van der Waals surface area (Å²) in [7, 11) is 0. The molecule has 2 aliphatic heterocycles. The number of imidazole rings is 1. The third-order valence-electron chi connectivity index (χ3n) is 5.57. The minimum Gasteiger partial charge on any atom is -0.465 e. The molecule has 7 heteroatoms. The molecule has 0 bridgehead atoms. The normalized spacial score (nSPS) is 25.9. The molecule has 1 aliphatic carbocycles. The highest BCUT2D eigenvalue weighted by molar-refractivity contribution is 5.83. The Kier molecular flexibility index (Phi) is 2.92. The van der Waals surface area contributed by atoms with Crippen molar-refractivity contribution < 1.29 is 14.7 Å². The monoisotopic (exact) mass is 304 g/mol. The minimum absolute atomic E-state index is 0.0654. The lowest BCUT2D eigenvalue weighted by atomic mass is 9.90. The Morgan fingerprint density at radius 2 is 1.95 bits per heavy atom. The van der Waals surface area contributed by atoms with Gasteiger partial charge in [-0.25, -0.2) is 9.78 Å². The summed E-state index contributed by atoms with van der Waals surface area (Å²) in [4.78, 5) is 31.4. The van der Waals surface area contributed by atoms with Crippen molar-refractivity contribution in [2.75, 3.05) is 19.6 Å². The van der Waals surface area contributed by atoms with E-state index in [0.29, 0.717) is 19.6 Å². The topological polar surface area (TPSA) is 78.7 Å². The summed E-state index contributed by atoms with van der Waals surface area (Å²) in [5, 5.41) is 9.02. The number of amides is 2. The molecule has 2 amide bonds. The van der Waals surface area contributed by atoms with E-state index >= 15 is 0 Å². The summed E-state index contributed by atoms with van der Waals surface area (Å²) in [5.74, 6) is 1.28. The lowest BCUT2D eigenvalue weighted by Crippen LogP contribution is -2.42. The summed E-state index contributed by atoms with van der Waals surface area (Å²) < 4.78 is 2.10. The number of carboxylic acid groups (broad SMARTS) is 1. The summed E-state index contributed by atoms with van der Waals surface area (Å²) in [6.07, 6.45) is 5.45. The van der Waals surface area contributed by atoms with Crippen LogP contribution in [0, 0.1) is 11.3 Å². The Morgan fingerprint density at radius 1 is 1.18 bits per heavy atom. The molecule has 118 valence electrons. The van der Waals surface area contributed by atoms with Crippen LogP contribution in [-0.2, 0) is 17.9 Å². The molecule has 3 aliphatic rings. The van der Waals surface area contributed by atoms with E-state index in [0.717, 1.165) is 38.2 Å². The number of carbonyl (C=O) groups is 2. The Hall–Kier alpha value is -2.05. The van der Waals surface area contributed by atoms with Gasteiger partial charge in [-0.1, -0.05) is 0 Å². The number of hydrogen-bond acceptors (Lipinski definition) is 3. The lowest BCUT2D eigenvalue weighted by Gasteiger charge is -2.32. The van der Waals surface area contributed by atoms with Gasteiger partial charge < -0.3 is 19.5 Å². The van der Waals surface area contributed by atoms with Gasteiger partial charge in [-0.2, -0.15) is 0 Å². The van der Waals surface area contributed by atoms with Crippen molar-refractivity contribution in [2.24, 2.45) is 11.3 Å². The SMILES string of the molecule is O=C(O)N1CCC2(CC1)CC2C(=O)N1CCn2ccnc2C1. The first-order valence-electron chi connectivity index (χ1n) is 7.86. The zero-order chi connectivity index (χ0) is 15.3. The molecule has 1 N–H and O–H groups in total. The van der Waals surface area contributed by atoms with E-state index in [2.05, 4.69) is 9.55 Å². The van der Waals surface area contributed by atoms with Crippen LogP contribution in [0.1, 0.15) is 25.1 Å². The fraction of sp³-hybridized carbons (Fsp3) is 0.667. The van der Waals surface area contributed by atoms with Crippen molar-refractivity contribution in [1.29, 1.82) is 0 Å². The smallest absolute Gasteiger partial charge is 0.407 e. The Labute approximate surface area is 128 Å². The standard InChI is InChI=1S/C15H20N4O3/c20-13(19-8-7-17-6-3-16-12(17)10-19)11-9-15(11)1-4-18(5-2-15)14(21)22/h3,6,11H,1-2,4-5,7-10H2,(H,21,22). The van der Waals surface area contributed by atoms with Crippen LogP contribution < -0.4 is 0 Å². The maximum absolute atomic E-state index is 12.7. The van der Waals surface area contributed by atoms with Crippen molar-refractivity contribution in [3.8, 4) is 0 Å². The Balaban J connectivity index is 1.39. The van der Waals surface area contributed by atoms with Crippen LogP contribution in [0.3, 0.4) is 0 Å². The molecule has 0 radical (unpaired) electrons. The maximum atomic E-state index is 12.7. The first-order chi connectivity index (χ1) is 10.6. The van der Waals surface area contributed by atoms with Crippen molar-refractivity contribution in [3.63, 3.8) is 0 Å². The molecule has 1 spiro atoms. The van der Waals surface area contributed by atoms with E-state index in [4.69, 9.17) is 5.11 Å².